The van der Waals surface area contributed by atoms with E-state index in [2.05, 4.69) is 63.9 Å². The van der Waals surface area contributed by atoms with Crippen molar-refractivity contribution in [2.24, 2.45) is 4.99 Å². The minimum absolute atomic E-state index is 0.0158. The van der Waals surface area contributed by atoms with Gasteiger partial charge in [0, 0.05) is 33.1 Å². The minimum Gasteiger partial charge on any atom is -0.508 e. The molecule has 0 radical (unpaired) electrons. The van der Waals surface area contributed by atoms with Crippen molar-refractivity contribution in [1.29, 1.82) is 0 Å². The van der Waals surface area contributed by atoms with Crippen LogP contribution in [0.15, 0.2) is 87.2 Å². The van der Waals surface area contributed by atoms with Gasteiger partial charge in [-0.3, -0.25) is 10.3 Å². The SMILES string of the molecule is CSc1ccc([C@@H]2N=C(c3cccc(Br)c3)C[C@H](c3ccccc3O)N2)cc1. The predicted octanol–water partition coefficient (Wildman–Crippen LogP) is 6.10. The molecule has 142 valence electrons. The molecule has 0 bridgehead atoms. The van der Waals surface area contributed by atoms with Gasteiger partial charge in [0.1, 0.15) is 11.9 Å². The molecule has 3 aromatic carbocycles. The zero-order chi connectivity index (χ0) is 19.5. The molecule has 2 N–H and O–H groups in total. The first kappa shape index (κ1) is 19.2. The summed E-state index contributed by atoms with van der Waals surface area (Å²) in [4.78, 5) is 6.25. The van der Waals surface area contributed by atoms with E-state index in [1.165, 1.54) is 4.90 Å². The molecule has 0 spiro atoms. The highest BCUT2D eigenvalue weighted by molar-refractivity contribution is 9.10. The Hall–Kier alpha value is -2.08. The standard InChI is InChI=1S/C23H21BrN2OS/c1-28-18-11-9-15(10-12-18)23-25-20(16-5-4-6-17(24)13-16)14-21(26-23)19-7-2-3-8-22(19)27/h2-13,21,23,26-27H,14H2,1H3/t21-,23-/m1/s1. The molecule has 1 aliphatic heterocycles. The van der Waals surface area contributed by atoms with Crippen molar-refractivity contribution >= 4 is 33.4 Å². The number of rotatable bonds is 4. The van der Waals surface area contributed by atoms with Crippen LogP contribution in [0, 0.1) is 0 Å². The average Bonchev–Trinajstić information content (AvgIpc) is 2.74. The van der Waals surface area contributed by atoms with Crippen molar-refractivity contribution in [3.8, 4) is 5.75 Å². The molecule has 0 aromatic heterocycles. The van der Waals surface area contributed by atoms with Crippen molar-refractivity contribution in [2.75, 3.05) is 6.26 Å². The van der Waals surface area contributed by atoms with E-state index >= 15 is 0 Å². The number of thioether (sulfide) groups is 1. The number of hydrogen-bond donors (Lipinski definition) is 2. The van der Waals surface area contributed by atoms with E-state index < -0.39 is 0 Å². The quantitative estimate of drug-likeness (QED) is 0.470. The van der Waals surface area contributed by atoms with Gasteiger partial charge in [-0.1, -0.05) is 58.4 Å². The first-order valence-electron chi connectivity index (χ1n) is 9.14. The Balaban J connectivity index is 1.74. The largest absolute Gasteiger partial charge is 0.508 e. The van der Waals surface area contributed by atoms with Gasteiger partial charge in [-0.15, -0.1) is 11.8 Å². The van der Waals surface area contributed by atoms with E-state index in [0.717, 1.165) is 26.9 Å². The summed E-state index contributed by atoms with van der Waals surface area (Å²) in [5, 5.41) is 14.0. The lowest BCUT2D eigenvalue weighted by atomic mass is 9.93. The molecular formula is C23H21BrN2OS. The van der Waals surface area contributed by atoms with Crippen molar-refractivity contribution in [1.82, 2.24) is 5.32 Å². The molecule has 0 fully saturated rings. The van der Waals surface area contributed by atoms with Gasteiger partial charge in [0.15, 0.2) is 0 Å². The molecule has 2 atom stereocenters. The number of phenolic OH excluding ortho intramolecular Hbond substituents is 1. The highest BCUT2D eigenvalue weighted by Crippen LogP contribution is 2.34. The molecule has 0 amide bonds. The maximum absolute atomic E-state index is 10.4. The van der Waals surface area contributed by atoms with Gasteiger partial charge in [-0.25, -0.2) is 0 Å². The number of nitrogens with zero attached hydrogens (tertiary/aromatic N) is 1. The van der Waals surface area contributed by atoms with E-state index in [1.54, 1.807) is 17.8 Å². The van der Waals surface area contributed by atoms with Crippen LogP contribution in [0.2, 0.25) is 0 Å². The van der Waals surface area contributed by atoms with Gasteiger partial charge < -0.3 is 5.11 Å². The molecular weight excluding hydrogens is 432 g/mol. The van der Waals surface area contributed by atoms with Gasteiger partial charge in [0.25, 0.3) is 0 Å². The smallest absolute Gasteiger partial charge is 0.126 e. The number of para-hydroxylation sites is 1. The van der Waals surface area contributed by atoms with E-state index in [9.17, 15) is 5.11 Å². The maximum atomic E-state index is 10.4. The van der Waals surface area contributed by atoms with Crippen LogP contribution in [0.25, 0.3) is 0 Å². The molecule has 0 unspecified atom stereocenters. The van der Waals surface area contributed by atoms with Crippen LogP contribution in [0.3, 0.4) is 0 Å². The fourth-order valence-electron chi connectivity index (χ4n) is 3.49. The lowest BCUT2D eigenvalue weighted by Crippen LogP contribution is -2.33. The third-order valence-electron chi connectivity index (χ3n) is 4.94. The Morgan fingerprint density at radius 3 is 2.54 bits per heavy atom. The molecule has 28 heavy (non-hydrogen) atoms. The summed E-state index contributed by atoms with van der Waals surface area (Å²) in [6.45, 7) is 0. The van der Waals surface area contributed by atoms with Crippen LogP contribution < -0.4 is 5.32 Å². The van der Waals surface area contributed by atoms with E-state index in [0.29, 0.717) is 12.2 Å². The third kappa shape index (κ3) is 4.17. The predicted molar refractivity (Wildman–Crippen MR) is 120 cm³/mol. The zero-order valence-corrected chi connectivity index (χ0v) is 17.9. The second-order valence-corrected chi connectivity index (χ2v) is 8.54. The van der Waals surface area contributed by atoms with Crippen LogP contribution in [0.5, 0.6) is 5.75 Å². The molecule has 1 aliphatic rings. The highest BCUT2D eigenvalue weighted by atomic mass is 79.9. The van der Waals surface area contributed by atoms with Crippen molar-refractivity contribution in [3.63, 3.8) is 0 Å². The first-order chi connectivity index (χ1) is 13.6. The molecule has 0 aliphatic carbocycles. The Morgan fingerprint density at radius 2 is 1.82 bits per heavy atom. The van der Waals surface area contributed by atoms with Crippen molar-refractivity contribution < 1.29 is 5.11 Å². The van der Waals surface area contributed by atoms with E-state index in [1.807, 2.05) is 30.3 Å². The number of benzene rings is 3. The summed E-state index contributed by atoms with van der Waals surface area (Å²) in [6.07, 6.45) is 2.63. The van der Waals surface area contributed by atoms with Crippen LogP contribution in [-0.2, 0) is 0 Å². The number of nitrogens with one attached hydrogen (secondary N) is 1. The summed E-state index contributed by atoms with van der Waals surface area (Å²) in [5.74, 6) is 0.312. The first-order valence-corrected chi connectivity index (χ1v) is 11.2. The van der Waals surface area contributed by atoms with Gasteiger partial charge in [-0.2, -0.15) is 0 Å². The monoisotopic (exact) mass is 452 g/mol. The van der Waals surface area contributed by atoms with Crippen LogP contribution in [-0.4, -0.2) is 17.1 Å². The van der Waals surface area contributed by atoms with Crippen LogP contribution >= 0.6 is 27.7 Å². The number of phenols is 1. The van der Waals surface area contributed by atoms with Crippen LogP contribution in [0.4, 0.5) is 0 Å². The lowest BCUT2D eigenvalue weighted by molar-refractivity contribution is 0.412. The molecule has 4 rings (SSSR count). The Bertz CT molecular complexity index is 1000. The third-order valence-corrected chi connectivity index (χ3v) is 6.18. The van der Waals surface area contributed by atoms with Crippen molar-refractivity contribution in [3.05, 3.63) is 94.0 Å². The topological polar surface area (TPSA) is 44.6 Å². The molecule has 1 heterocycles. The molecule has 5 heteroatoms. The van der Waals surface area contributed by atoms with Gasteiger partial charge >= 0.3 is 0 Å². The number of hydrogen-bond acceptors (Lipinski definition) is 4. The second-order valence-electron chi connectivity index (χ2n) is 6.74. The number of aromatic hydroxyl groups is 1. The molecule has 3 aromatic rings. The summed E-state index contributed by atoms with van der Waals surface area (Å²) >= 11 is 5.29. The average molecular weight is 453 g/mol. The van der Waals surface area contributed by atoms with E-state index in [-0.39, 0.29) is 12.2 Å². The van der Waals surface area contributed by atoms with Gasteiger partial charge in [-0.05, 0) is 47.7 Å². The zero-order valence-electron chi connectivity index (χ0n) is 15.5. The van der Waals surface area contributed by atoms with Crippen LogP contribution in [0.1, 0.15) is 35.3 Å². The fourth-order valence-corrected chi connectivity index (χ4v) is 4.30. The summed E-state index contributed by atoms with van der Waals surface area (Å²) in [6, 6.07) is 24.2. The molecule has 0 saturated carbocycles. The Morgan fingerprint density at radius 1 is 1.04 bits per heavy atom. The molecule has 3 nitrogen and oxygen atoms in total. The maximum Gasteiger partial charge on any atom is 0.126 e. The van der Waals surface area contributed by atoms with Gasteiger partial charge in [0.2, 0.25) is 0 Å². The highest BCUT2D eigenvalue weighted by Gasteiger charge is 2.27. The Kier molecular flexibility index (Phi) is 5.85. The Labute approximate surface area is 178 Å². The van der Waals surface area contributed by atoms with Crippen molar-refractivity contribution in [2.45, 2.75) is 23.5 Å². The lowest BCUT2D eigenvalue weighted by Gasteiger charge is -2.31. The van der Waals surface area contributed by atoms with Gasteiger partial charge in [0.05, 0.1) is 0 Å². The summed E-state index contributed by atoms with van der Waals surface area (Å²) < 4.78 is 1.03. The summed E-state index contributed by atoms with van der Waals surface area (Å²) in [5.41, 5.74) is 4.15. The van der Waals surface area contributed by atoms with E-state index in [4.69, 9.17) is 4.99 Å². The fraction of sp³-hybridized carbons (Fsp3) is 0.174. The number of halogens is 1. The normalized spacial score (nSPS) is 19.3. The molecule has 0 saturated heterocycles. The minimum atomic E-state index is -0.164. The second kappa shape index (κ2) is 8.52. The summed E-state index contributed by atoms with van der Waals surface area (Å²) in [7, 11) is 0. The number of aliphatic imine (C=N–C) groups is 1.